The summed E-state index contributed by atoms with van der Waals surface area (Å²) in [6.07, 6.45) is 0. The number of aromatic nitrogens is 2. The van der Waals surface area contributed by atoms with Gasteiger partial charge in [0.25, 0.3) is 5.91 Å². The van der Waals surface area contributed by atoms with E-state index in [2.05, 4.69) is 15.1 Å². The zero-order chi connectivity index (χ0) is 20.6. The minimum absolute atomic E-state index is 0.182. The molecule has 154 valence electrons. The van der Waals surface area contributed by atoms with Crippen LogP contribution >= 0.6 is 0 Å². The van der Waals surface area contributed by atoms with Crippen molar-refractivity contribution < 1.29 is 23.8 Å². The number of nitrogens with zero attached hydrogens (tertiary/aromatic N) is 4. The van der Waals surface area contributed by atoms with Gasteiger partial charge in [-0.2, -0.15) is 0 Å². The maximum Gasteiger partial charge on any atom is 0.338 e. The van der Waals surface area contributed by atoms with Crippen molar-refractivity contribution in [3.8, 4) is 5.88 Å². The smallest absolute Gasteiger partial charge is 0.338 e. The van der Waals surface area contributed by atoms with Crippen molar-refractivity contribution >= 4 is 17.7 Å². The molecule has 0 atom stereocenters. The van der Waals surface area contributed by atoms with Crippen molar-refractivity contribution in [1.29, 1.82) is 0 Å². The first-order valence-electron chi connectivity index (χ1n) is 9.31. The Kier molecular flexibility index (Phi) is 6.96. The second-order valence-electron chi connectivity index (χ2n) is 6.39. The normalized spacial score (nSPS) is 13.9. The van der Waals surface area contributed by atoms with Crippen molar-refractivity contribution in [3.63, 3.8) is 0 Å². The van der Waals surface area contributed by atoms with Gasteiger partial charge in [-0.05, 0) is 18.2 Å². The summed E-state index contributed by atoms with van der Waals surface area (Å²) in [6.45, 7) is 3.16. The number of ether oxygens (including phenoxy) is 3. The molecule has 1 fully saturated rings. The molecule has 0 bridgehead atoms. The largest absolute Gasteiger partial charge is 0.474 e. The van der Waals surface area contributed by atoms with Gasteiger partial charge in [-0.15, -0.1) is 10.2 Å². The molecule has 1 aliphatic heterocycles. The molecule has 0 N–H and O–H groups in total. The van der Waals surface area contributed by atoms with E-state index in [1.54, 1.807) is 42.3 Å². The van der Waals surface area contributed by atoms with Crippen LogP contribution in [0.15, 0.2) is 36.4 Å². The van der Waals surface area contributed by atoms with Gasteiger partial charge in [0.15, 0.2) is 5.82 Å². The predicted octanol–water partition coefficient (Wildman–Crippen LogP) is 1.25. The van der Waals surface area contributed by atoms with Gasteiger partial charge in [-0.1, -0.05) is 12.1 Å². The van der Waals surface area contributed by atoms with E-state index in [0.29, 0.717) is 50.8 Å². The number of anilines is 1. The fourth-order valence-corrected chi connectivity index (χ4v) is 3.05. The Morgan fingerprint density at radius 3 is 2.28 bits per heavy atom. The highest BCUT2D eigenvalue weighted by atomic mass is 16.5. The Morgan fingerprint density at radius 2 is 1.66 bits per heavy atom. The van der Waals surface area contributed by atoms with Gasteiger partial charge >= 0.3 is 5.97 Å². The first-order valence-corrected chi connectivity index (χ1v) is 9.31. The Bertz CT molecular complexity index is 835. The molecule has 9 nitrogen and oxygen atoms in total. The number of benzene rings is 1. The Morgan fingerprint density at radius 1 is 0.931 bits per heavy atom. The molecule has 0 aliphatic carbocycles. The molecule has 1 aromatic heterocycles. The van der Waals surface area contributed by atoms with E-state index in [-0.39, 0.29) is 11.5 Å². The van der Waals surface area contributed by atoms with Crippen molar-refractivity contribution in [3.05, 3.63) is 47.5 Å². The van der Waals surface area contributed by atoms with Crippen molar-refractivity contribution in [1.82, 2.24) is 15.1 Å². The number of esters is 1. The summed E-state index contributed by atoms with van der Waals surface area (Å²) in [5.41, 5.74) is 0.627. The SMILES string of the molecule is COCCOc1ccc(N2CCN(C(=O)c3ccccc3C(=O)OC)CC2)nn1. The molecule has 2 aromatic rings. The predicted molar refractivity (Wildman–Crippen MR) is 105 cm³/mol. The van der Waals surface area contributed by atoms with E-state index in [9.17, 15) is 9.59 Å². The summed E-state index contributed by atoms with van der Waals surface area (Å²) in [4.78, 5) is 28.6. The molecule has 29 heavy (non-hydrogen) atoms. The van der Waals surface area contributed by atoms with E-state index in [1.807, 2.05) is 6.07 Å². The van der Waals surface area contributed by atoms with Crippen LogP contribution in [0.25, 0.3) is 0 Å². The molecule has 1 saturated heterocycles. The minimum atomic E-state index is -0.518. The van der Waals surface area contributed by atoms with E-state index in [4.69, 9.17) is 14.2 Å². The lowest BCUT2D eigenvalue weighted by atomic mass is 10.1. The van der Waals surface area contributed by atoms with E-state index in [1.165, 1.54) is 7.11 Å². The molecule has 0 saturated carbocycles. The number of carbonyl (C=O) groups excluding carboxylic acids is 2. The maximum atomic E-state index is 12.9. The highest BCUT2D eigenvalue weighted by molar-refractivity contribution is 6.05. The Hall–Kier alpha value is -3.20. The van der Waals surface area contributed by atoms with Crippen molar-refractivity contribution in [2.75, 3.05) is 58.5 Å². The third-order valence-corrected chi connectivity index (χ3v) is 4.62. The van der Waals surface area contributed by atoms with Gasteiger partial charge in [0.05, 0.1) is 24.8 Å². The molecule has 2 heterocycles. The Balaban J connectivity index is 1.59. The fourth-order valence-electron chi connectivity index (χ4n) is 3.05. The molecule has 1 amide bonds. The molecular weight excluding hydrogens is 376 g/mol. The number of methoxy groups -OCH3 is 2. The van der Waals surface area contributed by atoms with Gasteiger partial charge in [-0.25, -0.2) is 4.79 Å². The van der Waals surface area contributed by atoms with E-state index >= 15 is 0 Å². The lowest BCUT2D eigenvalue weighted by Crippen LogP contribution is -2.49. The second kappa shape index (κ2) is 9.83. The van der Waals surface area contributed by atoms with Gasteiger partial charge in [0.2, 0.25) is 5.88 Å². The summed E-state index contributed by atoms with van der Waals surface area (Å²) >= 11 is 0. The van der Waals surface area contributed by atoms with Crippen molar-refractivity contribution in [2.45, 2.75) is 0 Å². The summed E-state index contributed by atoms with van der Waals surface area (Å²) in [7, 11) is 2.91. The van der Waals surface area contributed by atoms with Crippen LogP contribution < -0.4 is 9.64 Å². The number of amides is 1. The molecular formula is C20H24N4O5. The van der Waals surface area contributed by atoms with Gasteiger partial charge in [-0.3, -0.25) is 4.79 Å². The summed E-state index contributed by atoms with van der Waals surface area (Å²) in [6, 6.07) is 10.3. The van der Waals surface area contributed by atoms with Crippen LogP contribution in [0.1, 0.15) is 20.7 Å². The van der Waals surface area contributed by atoms with Gasteiger partial charge < -0.3 is 24.0 Å². The van der Waals surface area contributed by atoms with E-state index in [0.717, 1.165) is 5.82 Å². The molecule has 9 heteroatoms. The number of piperazine rings is 1. The highest BCUT2D eigenvalue weighted by Crippen LogP contribution is 2.18. The number of carbonyl (C=O) groups is 2. The summed E-state index contributed by atoms with van der Waals surface area (Å²) in [5.74, 6) is 0.472. The monoisotopic (exact) mass is 400 g/mol. The Labute approximate surface area is 169 Å². The van der Waals surface area contributed by atoms with Crippen LogP contribution in [0.3, 0.4) is 0 Å². The number of hydrogen-bond donors (Lipinski definition) is 0. The quantitative estimate of drug-likeness (QED) is 0.506. The van der Waals surface area contributed by atoms with Crippen LogP contribution in [0.2, 0.25) is 0 Å². The number of hydrogen-bond acceptors (Lipinski definition) is 8. The molecule has 0 radical (unpaired) electrons. The van der Waals surface area contributed by atoms with Crippen LogP contribution in [-0.2, 0) is 9.47 Å². The molecule has 1 aromatic carbocycles. The van der Waals surface area contributed by atoms with Crippen LogP contribution in [0, 0.1) is 0 Å². The maximum absolute atomic E-state index is 12.9. The number of rotatable bonds is 7. The second-order valence-corrected chi connectivity index (χ2v) is 6.39. The van der Waals surface area contributed by atoms with Crippen LogP contribution in [-0.4, -0.2) is 80.6 Å². The zero-order valence-corrected chi connectivity index (χ0v) is 16.5. The van der Waals surface area contributed by atoms with Gasteiger partial charge in [0.1, 0.15) is 6.61 Å². The van der Waals surface area contributed by atoms with E-state index < -0.39 is 5.97 Å². The summed E-state index contributed by atoms with van der Waals surface area (Å²) in [5, 5.41) is 8.27. The minimum Gasteiger partial charge on any atom is -0.474 e. The average Bonchev–Trinajstić information content (AvgIpc) is 2.79. The third-order valence-electron chi connectivity index (χ3n) is 4.62. The topological polar surface area (TPSA) is 94.1 Å². The lowest BCUT2D eigenvalue weighted by molar-refractivity contribution is 0.0589. The molecule has 1 aliphatic rings. The zero-order valence-electron chi connectivity index (χ0n) is 16.5. The van der Waals surface area contributed by atoms with Gasteiger partial charge in [0, 0.05) is 39.4 Å². The highest BCUT2D eigenvalue weighted by Gasteiger charge is 2.26. The third kappa shape index (κ3) is 5.00. The fraction of sp³-hybridized carbons (Fsp3) is 0.400. The average molecular weight is 400 g/mol. The molecule has 3 rings (SSSR count). The van der Waals surface area contributed by atoms with Crippen molar-refractivity contribution in [2.24, 2.45) is 0 Å². The molecule has 0 spiro atoms. The van der Waals surface area contributed by atoms with Crippen LogP contribution in [0.4, 0.5) is 5.82 Å². The first-order chi connectivity index (χ1) is 14.1. The summed E-state index contributed by atoms with van der Waals surface area (Å²) < 4.78 is 15.1. The van der Waals surface area contributed by atoms with Crippen LogP contribution in [0.5, 0.6) is 5.88 Å². The first kappa shape index (κ1) is 20.5. The standard InChI is InChI=1S/C20H24N4O5/c1-27-13-14-29-18-8-7-17(21-22-18)23-9-11-24(12-10-23)19(25)15-5-3-4-6-16(15)20(26)28-2/h3-8H,9-14H2,1-2H3. The lowest BCUT2D eigenvalue weighted by Gasteiger charge is -2.35. The molecule has 0 unspecified atom stereocenters.